The van der Waals surface area contributed by atoms with Gasteiger partial charge >= 0.3 is 5.97 Å². The summed E-state index contributed by atoms with van der Waals surface area (Å²) >= 11 is 1.32. The normalized spacial score (nSPS) is 10.4. The highest BCUT2D eigenvalue weighted by Crippen LogP contribution is 2.33. The maximum absolute atomic E-state index is 12.8. The van der Waals surface area contributed by atoms with Crippen molar-refractivity contribution in [1.82, 2.24) is 0 Å². The lowest BCUT2D eigenvalue weighted by Crippen LogP contribution is -2.15. The molecule has 5 heteroatoms. The molecule has 0 N–H and O–H groups in total. The molecule has 0 unspecified atom stereocenters. The second-order valence-electron chi connectivity index (χ2n) is 6.73. The van der Waals surface area contributed by atoms with Crippen LogP contribution in [0, 0.1) is 11.3 Å². The zero-order valence-corrected chi connectivity index (χ0v) is 17.3. The van der Waals surface area contributed by atoms with Crippen LogP contribution in [0.5, 0.6) is 0 Å². The maximum Gasteiger partial charge on any atom is 0.339 e. The van der Waals surface area contributed by atoms with E-state index in [2.05, 4.69) is 6.07 Å². The third-order valence-electron chi connectivity index (χ3n) is 4.76. The van der Waals surface area contributed by atoms with Crippen LogP contribution in [0.1, 0.15) is 26.3 Å². The number of rotatable bonds is 6. The lowest BCUT2D eigenvalue weighted by molar-refractivity contribution is 0.0471. The summed E-state index contributed by atoms with van der Waals surface area (Å²) in [5.41, 5.74) is 1.41. The van der Waals surface area contributed by atoms with Crippen molar-refractivity contribution in [2.24, 2.45) is 0 Å². The van der Waals surface area contributed by atoms with E-state index in [1.807, 2.05) is 54.6 Å². The first-order chi connectivity index (χ1) is 15.2. The number of hydrogen-bond donors (Lipinski definition) is 0. The molecule has 0 fully saturated rings. The van der Waals surface area contributed by atoms with Crippen molar-refractivity contribution >= 4 is 34.3 Å². The van der Waals surface area contributed by atoms with E-state index in [4.69, 9.17) is 4.74 Å². The van der Waals surface area contributed by atoms with E-state index in [0.717, 1.165) is 15.7 Å². The quantitative estimate of drug-likeness (QED) is 0.285. The number of Topliss-reactive ketones (excluding diaryl/α,β-unsaturated/α-hetero) is 1. The van der Waals surface area contributed by atoms with Gasteiger partial charge in [-0.15, -0.1) is 0 Å². The van der Waals surface area contributed by atoms with Crippen molar-refractivity contribution < 1.29 is 14.3 Å². The summed E-state index contributed by atoms with van der Waals surface area (Å²) in [6.07, 6.45) is 0. The Labute approximate surface area is 184 Å². The van der Waals surface area contributed by atoms with E-state index in [0.29, 0.717) is 21.6 Å². The molecule has 0 saturated heterocycles. The molecule has 0 heterocycles. The number of carbonyl (C=O) groups excluding carboxylic acids is 2. The number of ketones is 1. The van der Waals surface area contributed by atoms with E-state index >= 15 is 0 Å². The van der Waals surface area contributed by atoms with Gasteiger partial charge in [0.1, 0.15) is 6.07 Å². The summed E-state index contributed by atoms with van der Waals surface area (Å²) in [5.74, 6) is -0.837. The summed E-state index contributed by atoms with van der Waals surface area (Å²) in [6, 6.07) is 29.4. The first kappa shape index (κ1) is 20.4. The van der Waals surface area contributed by atoms with Gasteiger partial charge in [-0.1, -0.05) is 78.5 Å². The van der Waals surface area contributed by atoms with Crippen molar-refractivity contribution in [3.8, 4) is 6.07 Å². The number of hydrogen-bond acceptors (Lipinski definition) is 5. The number of benzene rings is 4. The number of nitrogens with zero attached hydrogens (tertiary/aromatic N) is 1. The second kappa shape index (κ2) is 9.29. The van der Waals surface area contributed by atoms with E-state index in [-0.39, 0.29) is 12.4 Å². The van der Waals surface area contributed by atoms with Crippen LogP contribution < -0.4 is 0 Å². The molecule has 0 aliphatic carbocycles. The molecule has 0 radical (unpaired) electrons. The Morgan fingerprint density at radius 1 is 0.774 bits per heavy atom. The molecule has 4 aromatic rings. The molecule has 150 valence electrons. The molecular weight excluding hydrogens is 406 g/mol. The zero-order valence-electron chi connectivity index (χ0n) is 16.4. The van der Waals surface area contributed by atoms with Crippen LogP contribution in [0.15, 0.2) is 101 Å². The van der Waals surface area contributed by atoms with E-state index in [9.17, 15) is 14.9 Å². The van der Waals surface area contributed by atoms with Gasteiger partial charge in [-0.2, -0.15) is 5.26 Å². The standard InChI is InChI=1S/C26H17NO3S/c27-16-19-9-2-5-14-24(19)31-25-15-6-4-12-22(25)26(29)30-17-23(28)21-13-7-10-18-8-1-3-11-20(18)21/h1-15H,17H2. The fourth-order valence-electron chi connectivity index (χ4n) is 3.25. The fraction of sp³-hybridized carbons (Fsp3) is 0.0385. The lowest BCUT2D eigenvalue weighted by Gasteiger charge is -2.10. The molecule has 0 aliphatic rings. The number of fused-ring (bicyclic) bond motifs is 1. The predicted molar refractivity (Wildman–Crippen MR) is 120 cm³/mol. The minimum Gasteiger partial charge on any atom is -0.454 e. The lowest BCUT2D eigenvalue weighted by atomic mass is 10.0. The van der Waals surface area contributed by atoms with E-state index in [1.54, 1.807) is 36.4 Å². The molecule has 0 aliphatic heterocycles. The number of carbonyl (C=O) groups is 2. The molecule has 0 bridgehead atoms. The van der Waals surface area contributed by atoms with Gasteiger partial charge < -0.3 is 4.74 Å². The molecule has 4 rings (SSSR count). The zero-order chi connectivity index (χ0) is 21.6. The van der Waals surface area contributed by atoms with Crippen LogP contribution in [0.3, 0.4) is 0 Å². The predicted octanol–water partition coefficient (Wildman–Crippen LogP) is 5.90. The summed E-state index contributed by atoms with van der Waals surface area (Å²) in [6.45, 7) is -0.347. The van der Waals surface area contributed by atoms with Crippen molar-refractivity contribution in [2.75, 3.05) is 6.61 Å². The summed E-state index contributed by atoms with van der Waals surface area (Å²) < 4.78 is 5.36. The van der Waals surface area contributed by atoms with Gasteiger partial charge in [0.2, 0.25) is 5.78 Å². The molecule has 0 aromatic heterocycles. The molecule has 0 saturated carbocycles. The van der Waals surface area contributed by atoms with Gasteiger partial charge in [0.25, 0.3) is 0 Å². The number of esters is 1. The Balaban J connectivity index is 1.52. The minimum absolute atomic E-state index is 0.259. The van der Waals surface area contributed by atoms with Gasteiger partial charge in [-0.3, -0.25) is 4.79 Å². The van der Waals surface area contributed by atoms with Crippen LogP contribution in [0.25, 0.3) is 10.8 Å². The molecule has 31 heavy (non-hydrogen) atoms. The molecular formula is C26H17NO3S. The fourth-order valence-corrected chi connectivity index (χ4v) is 4.26. The maximum atomic E-state index is 12.8. The minimum atomic E-state index is -0.578. The molecule has 4 aromatic carbocycles. The van der Waals surface area contributed by atoms with Crippen molar-refractivity contribution in [3.63, 3.8) is 0 Å². The average Bonchev–Trinajstić information content (AvgIpc) is 2.82. The van der Waals surface area contributed by atoms with Crippen molar-refractivity contribution in [3.05, 3.63) is 108 Å². The third kappa shape index (κ3) is 4.50. The largest absolute Gasteiger partial charge is 0.454 e. The summed E-state index contributed by atoms with van der Waals surface area (Å²) in [5, 5.41) is 11.1. The van der Waals surface area contributed by atoms with Crippen molar-refractivity contribution in [2.45, 2.75) is 9.79 Å². The molecule has 0 atom stereocenters. The molecule has 0 spiro atoms. The van der Waals surface area contributed by atoms with Gasteiger partial charge in [-0.25, -0.2) is 4.79 Å². The van der Waals surface area contributed by atoms with Gasteiger partial charge in [-0.05, 0) is 35.0 Å². The first-order valence-electron chi connectivity index (χ1n) is 9.61. The van der Waals surface area contributed by atoms with Crippen molar-refractivity contribution in [1.29, 1.82) is 5.26 Å². The highest BCUT2D eigenvalue weighted by Gasteiger charge is 2.17. The Morgan fingerprint density at radius 2 is 1.42 bits per heavy atom. The van der Waals surface area contributed by atoms with E-state index in [1.165, 1.54) is 11.8 Å². The van der Waals surface area contributed by atoms with Gasteiger partial charge in [0.05, 0.1) is 11.1 Å². The van der Waals surface area contributed by atoms with Crippen LogP contribution in [0.4, 0.5) is 0 Å². The summed E-state index contributed by atoms with van der Waals surface area (Å²) in [4.78, 5) is 26.9. The highest BCUT2D eigenvalue weighted by atomic mass is 32.2. The third-order valence-corrected chi connectivity index (χ3v) is 5.91. The van der Waals surface area contributed by atoms with Gasteiger partial charge in [0, 0.05) is 15.4 Å². The average molecular weight is 423 g/mol. The monoisotopic (exact) mass is 423 g/mol. The Bertz CT molecular complexity index is 1320. The second-order valence-corrected chi connectivity index (χ2v) is 7.82. The van der Waals surface area contributed by atoms with Gasteiger partial charge in [0.15, 0.2) is 6.61 Å². The van der Waals surface area contributed by atoms with E-state index < -0.39 is 5.97 Å². The number of ether oxygens (including phenoxy) is 1. The SMILES string of the molecule is N#Cc1ccccc1Sc1ccccc1C(=O)OCC(=O)c1cccc2ccccc12. The first-order valence-corrected chi connectivity index (χ1v) is 10.4. The highest BCUT2D eigenvalue weighted by molar-refractivity contribution is 7.99. The molecule has 0 amide bonds. The topological polar surface area (TPSA) is 67.2 Å². The Kier molecular flexibility index (Phi) is 6.11. The number of nitriles is 1. The van der Waals surface area contributed by atoms with Crippen LogP contribution in [-0.2, 0) is 4.74 Å². The van der Waals surface area contributed by atoms with Crippen LogP contribution in [-0.4, -0.2) is 18.4 Å². The Hall–Kier alpha value is -3.88. The molecule has 4 nitrogen and oxygen atoms in total. The summed E-state index contributed by atoms with van der Waals surface area (Å²) in [7, 11) is 0. The smallest absolute Gasteiger partial charge is 0.339 e. The van der Waals surface area contributed by atoms with Crippen LogP contribution in [0.2, 0.25) is 0 Å². The Morgan fingerprint density at radius 3 is 2.26 bits per heavy atom. The van der Waals surface area contributed by atoms with Crippen LogP contribution >= 0.6 is 11.8 Å².